The first-order valence-electron chi connectivity index (χ1n) is 9.05. The highest BCUT2D eigenvalue weighted by molar-refractivity contribution is 9.10. The van der Waals surface area contributed by atoms with Gasteiger partial charge in [0.2, 0.25) is 5.88 Å². The Balaban J connectivity index is 1.49. The number of rotatable bonds is 4. The van der Waals surface area contributed by atoms with E-state index in [4.69, 9.17) is 10.5 Å². The van der Waals surface area contributed by atoms with Crippen molar-refractivity contribution in [3.05, 3.63) is 65.0 Å². The Morgan fingerprint density at radius 2 is 1.93 bits per heavy atom. The summed E-state index contributed by atoms with van der Waals surface area (Å²) < 4.78 is 8.04. The molecule has 30 heavy (non-hydrogen) atoms. The number of ether oxygens (including phenoxy) is 1. The molecule has 0 unspecified atom stereocenters. The summed E-state index contributed by atoms with van der Waals surface area (Å²) in [5.41, 5.74) is 9.39. The van der Waals surface area contributed by atoms with Crippen LogP contribution in [0.25, 0.3) is 21.1 Å². The van der Waals surface area contributed by atoms with Crippen LogP contribution in [0.1, 0.15) is 5.56 Å². The Morgan fingerprint density at radius 1 is 1.03 bits per heavy atom. The average Bonchev–Trinajstić information content (AvgIpc) is 3.17. The maximum absolute atomic E-state index is 6.31. The summed E-state index contributed by atoms with van der Waals surface area (Å²) in [6, 6.07) is 13.6. The first-order valence-corrected chi connectivity index (χ1v) is 10.7. The quantitative estimate of drug-likeness (QED) is 0.335. The molecule has 3 N–H and O–H groups in total. The van der Waals surface area contributed by atoms with Crippen molar-refractivity contribution in [3.8, 4) is 11.6 Å². The van der Waals surface area contributed by atoms with Gasteiger partial charge in [-0.2, -0.15) is 4.98 Å². The molecule has 5 rings (SSSR count). The number of hydrogen-bond donors (Lipinski definition) is 2. The fourth-order valence-electron chi connectivity index (χ4n) is 3.10. The third-order valence-electron chi connectivity index (χ3n) is 4.58. The zero-order valence-corrected chi connectivity index (χ0v) is 18.2. The molecular weight excluding hydrogens is 464 g/mol. The van der Waals surface area contributed by atoms with E-state index in [1.807, 2.05) is 49.4 Å². The zero-order valence-electron chi connectivity index (χ0n) is 15.8. The molecule has 148 valence electrons. The molecule has 0 radical (unpaired) electrons. The third kappa shape index (κ3) is 3.31. The van der Waals surface area contributed by atoms with Crippen LogP contribution < -0.4 is 15.8 Å². The molecule has 0 spiro atoms. The number of benzene rings is 2. The van der Waals surface area contributed by atoms with Gasteiger partial charge < -0.3 is 15.8 Å². The highest BCUT2D eigenvalue weighted by atomic mass is 79.9. The molecule has 7 nitrogen and oxygen atoms in total. The van der Waals surface area contributed by atoms with Crippen LogP contribution in [-0.2, 0) is 0 Å². The summed E-state index contributed by atoms with van der Waals surface area (Å²) in [6.07, 6.45) is 3.12. The third-order valence-corrected chi connectivity index (χ3v) is 6.21. The number of hydrogen-bond acceptors (Lipinski definition) is 8. The van der Waals surface area contributed by atoms with Crippen molar-refractivity contribution in [2.75, 3.05) is 11.1 Å². The maximum atomic E-state index is 6.31. The van der Waals surface area contributed by atoms with Gasteiger partial charge >= 0.3 is 0 Å². The summed E-state index contributed by atoms with van der Waals surface area (Å²) in [4.78, 5) is 17.5. The number of halogens is 1. The predicted octanol–water partition coefficient (Wildman–Crippen LogP) is 5.82. The molecule has 0 saturated heterocycles. The fourth-order valence-corrected chi connectivity index (χ4v) is 4.49. The van der Waals surface area contributed by atoms with Crippen molar-refractivity contribution < 1.29 is 4.74 Å². The smallest absolute Gasteiger partial charge is 0.248 e. The van der Waals surface area contributed by atoms with Crippen LogP contribution in [-0.4, -0.2) is 19.9 Å². The molecule has 0 bridgehead atoms. The van der Waals surface area contributed by atoms with Gasteiger partial charge in [-0.05, 0) is 36.8 Å². The van der Waals surface area contributed by atoms with Crippen molar-refractivity contribution in [1.29, 1.82) is 0 Å². The Hall–Kier alpha value is -3.30. The minimum absolute atomic E-state index is 0.249. The van der Waals surface area contributed by atoms with E-state index in [0.717, 1.165) is 25.6 Å². The van der Waals surface area contributed by atoms with Crippen LogP contribution in [0.5, 0.6) is 11.6 Å². The highest BCUT2D eigenvalue weighted by Gasteiger charge is 2.15. The number of anilines is 3. The van der Waals surface area contributed by atoms with Crippen molar-refractivity contribution in [2.45, 2.75) is 6.92 Å². The van der Waals surface area contributed by atoms with Gasteiger partial charge in [-0.3, -0.25) is 4.98 Å². The Bertz CT molecular complexity index is 1400. The average molecular weight is 479 g/mol. The molecule has 0 aliphatic rings. The fraction of sp³-hybridized carbons (Fsp3) is 0.0476. The minimum atomic E-state index is 0.249. The number of pyridine rings is 1. The van der Waals surface area contributed by atoms with E-state index < -0.39 is 0 Å². The second-order valence-corrected chi connectivity index (χ2v) is 8.44. The molecule has 9 heteroatoms. The summed E-state index contributed by atoms with van der Waals surface area (Å²) in [5, 5.41) is 4.83. The summed E-state index contributed by atoms with van der Waals surface area (Å²) in [7, 11) is 0. The summed E-state index contributed by atoms with van der Waals surface area (Å²) in [5.74, 6) is 1.24. The zero-order chi connectivity index (χ0) is 20.7. The molecular formula is C21H15BrN6OS. The molecule has 0 atom stereocenters. The topological polar surface area (TPSA) is 98.8 Å². The standard InChI is InChI=1S/C21H15BrN6OS/c1-11-4-2-6-15-17(11)27-21(30-15)28-19-16(23)20(26-10-25-19)29-14-8-7-13(22)12-5-3-9-24-18(12)14/h2-10H,23H2,1H3,(H,25,26,27,28). The van der Waals surface area contributed by atoms with Crippen molar-refractivity contribution in [3.63, 3.8) is 0 Å². The van der Waals surface area contributed by atoms with Gasteiger partial charge in [0.15, 0.2) is 16.7 Å². The van der Waals surface area contributed by atoms with Gasteiger partial charge in [0, 0.05) is 16.1 Å². The Labute approximate surface area is 184 Å². The van der Waals surface area contributed by atoms with Gasteiger partial charge in [-0.15, -0.1) is 0 Å². The van der Waals surface area contributed by atoms with Crippen LogP contribution in [0.2, 0.25) is 0 Å². The number of nitrogens with one attached hydrogen (secondary N) is 1. The normalized spacial score (nSPS) is 11.1. The van der Waals surface area contributed by atoms with Crippen LogP contribution in [0.4, 0.5) is 16.6 Å². The molecule has 3 aromatic heterocycles. The van der Waals surface area contributed by atoms with Crippen LogP contribution >= 0.6 is 27.3 Å². The number of nitrogen functional groups attached to an aromatic ring is 1. The predicted molar refractivity (Wildman–Crippen MR) is 124 cm³/mol. The first kappa shape index (κ1) is 18.7. The van der Waals surface area contributed by atoms with Gasteiger partial charge in [0.1, 0.15) is 17.5 Å². The largest absolute Gasteiger partial charge is 0.435 e. The van der Waals surface area contributed by atoms with E-state index in [2.05, 4.69) is 41.2 Å². The second-order valence-electron chi connectivity index (χ2n) is 6.55. The monoisotopic (exact) mass is 478 g/mol. The van der Waals surface area contributed by atoms with E-state index in [1.165, 1.54) is 17.7 Å². The molecule has 0 amide bonds. The van der Waals surface area contributed by atoms with Gasteiger partial charge in [0.05, 0.1) is 10.2 Å². The number of para-hydroxylation sites is 1. The van der Waals surface area contributed by atoms with E-state index in [-0.39, 0.29) is 5.88 Å². The summed E-state index contributed by atoms with van der Waals surface area (Å²) in [6.45, 7) is 2.04. The molecule has 0 aliphatic heterocycles. The number of nitrogens with zero attached hydrogens (tertiary/aromatic N) is 4. The van der Waals surface area contributed by atoms with Crippen LogP contribution in [0.15, 0.2) is 59.5 Å². The van der Waals surface area contributed by atoms with E-state index >= 15 is 0 Å². The number of fused-ring (bicyclic) bond motifs is 2. The van der Waals surface area contributed by atoms with Gasteiger partial charge in [-0.1, -0.05) is 45.5 Å². The van der Waals surface area contributed by atoms with Crippen molar-refractivity contribution in [1.82, 2.24) is 19.9 Å². The second kappa shape index (κ2) is 7.51. The maximum Gasteiger partial charge on any atom is 0.248 e. The van der Waals surface area contributed by atoms with Crippen molar-refractivity contribution in [2.24, 2.45) is 0 Å². The molecule has 0 saturated carbocycles. The molecule has 0 fully saturated rings. The number of nitrogens with two attached hydrogens (primary N) is 1. The Morgan fingerprint density at radius 3 is 2.80 bits per heavy atom. The van der Waals surface area contributed by atoms with E-state index in [0.29, 0.717) is 27.9 Å². The molecule has 3 heterocycles. The highest BCUT2D eigenvalue weighted by Crippen LogP contribution is 2.37. The van der Waals surface area contributed by atoms with E-state index in [1.54, 1.807) is 6.20 Å². The number of aryl methyl sites for hydroxylation is 1. The van der Waals surface area contributed by atoms with Crippen molar-refractivity contribution >= 4 is 65.0 Å². The number of aromatic nitrogens is 4. The summed E-state index contributed by atoms with van der Waals surface area (Å²) >= 11 is 5.07. The van der Waals surface area contributed by atoms with Crippen LogP contribution in [0, 0.1) is 6.92 Å². The van der Waals surface area contributed by atoms with Crippen LogP contribution in [0.3, 0.4) is 0 Å². The molecule has 0 aliphatic carbocycles. The number of thiazole rings is 1. The lowest BCUT2D eigenvalue weighted by Crippen LogP contribution is -2.03. The molecule has 2 aromatic carbocycles. The van der Waals surface area contributed by atoms with E-state index in [9.17, 15) is 0 Å². The molecule has 5 aromatic rings. The Kier molecular flexibility index (Phi) is 4.68. The lowest BCUT2D eigenvalue weighted by molar-refractivity contribution is 0.469. The first-order chi connectivity index (χ1) is 14.6. The van der Waals surface area contributed by atoms with Gasteiger partial charge in [0.25, 0.3) is 0 Å². The lowest BCUT2D eigenvalue weighted by atomic mass is 10.2. The van der Waals surface area contributed by atoms with Gasteiger partial charge in [-0.25, -0.2) is 9.97 Å². The lowest BCUT2D eigenvalue weighted by Gasteiger charge is -2.12. The minimum Gasteiger partial charge on any atom is -0.435 e. The SMILES string of the molecule is Cc1cccc2sc(Nc3ncnc(Oc4ccc(Br)c5cccnc45)c3N)nc12.